The topological polar surface area (TPSA) is 26.7 Å². The summed E-state index contributed by atoms with van der Waals surface area (Å²) in [5.41, 5.74) is 4.76. The summed E-state index contributed by atoms with van der Waals surface area (Å²) in [6.07, 6.45) is 0. The van der Waals surface area contributed by atoms with Crippen LogP contribution >= 0.6 is 0 Å². The first-order valence-electron chi connectivity index (χ1n) is 10.2. The summed E-state index contributed by atoms with van der Waals surface area (Å²) in [7, 11) is 2.20. The van der Waals surface area contributed by atoms with E-state index in [0.717, 1.165) is 37.3 Å². The number of likely N-dealkylation sites (N-methyl/N-ethyl adjacent to an activating group) is 1. The molecule has 0 aliphatic carbocycles. The Morgan fingerprint density at radius 3 is 1.78 bits per heavy atom. The molecule has 2 aromatic rings. The van der Waals surface area contributed by atoms with Crippen molar-refractivity contribution in [3.63, 3.8) is 0 Å². The molecule has 27 heavy (non-hydrogen) atoms. The molecule has 0 radical (unpaired) electrons. The first-order valence-corrected chi connectivity index (χ1v) is 10.2. The van der Waals surface area contributed by atoms with Crippen molar-refractivity contribution in [3.8, 4) is 5.75 Å². The Morgan fingerprint density at radius 1 is 0.778 bits per heavy atom. The van der Waals surface area contributed by atoms with Crippen LogP contribution in [-0.2, 0) is 0 Å². The first kappa shape index (κ1) is 19.9. The number of hydrogen-bond donors (Lipinski definition) is 1. The zero-order valence-corrected chi connectivity index (χ0v) is 17.4. The highest BCUT2D eigenvalue weighted by molar-refractivity contribution is 5.49. The summed E-state index contributed by atoms with van der Waals surface area (Å²) in [5, 5.41) is 10.8. The molecule has 1 aliphatic heterocycles. The van der Waals surface area contributed by atoms with Gasteiger partial charge in [-0.2, -0.15) is 0 Å². The molecule has 1 atom stereocenters. The largest absolute Gasteiger partial charge is 0.507 e. The zero-order chi connectivity index (χ0) is 19.6. The quantitative estimate of drug-likeness (QED) is 0.809. The van der Waals surface area contributed by atoms with Crippen LogP contribution in [0.4, 0.5) is 0 Å². The van der Waals surface area contributed by atoms with Gasteiger partial charge >= 0.3 is 0 Å². The van der Waals surface area contributed by atoms with Crippen molar-refractivity contribution >= 4 is 0 Å². The third-order valence-corrected chi connectivity index (χ3v) is 5.77. The van der Waals surface area contributed by atoms with Crippen LogP contribution in [0, 0.1) is 0 Å². The lowest BCUT2D eigenvalue weighted by atomic mass is 9.87. The molecule has 1 unspecified atom stereocenters. The number of nitrogens with zero attached hydrogens (tertiary/aromatic N) is 2. The predicted octanol–water partition coefficient (Wildman–Crippen LogP) is 4.98. The minimum atomic E-state index is 0.232. The Morgan fingerprint density at radius 2 is 1.30 bits per heavy atom. The van der Waals surface area contributed by atoms with E-state index in [-0.39, 0.29) is 6.04 Å². The Bertz CT molecular complexity index is 717. The van der Waals surface area contributed by atoms with Gasteiger partial charge < -0.3 is 10.0 Å². The maximum Gasteiger partial charge on any atom is 0.122 e. The van der Waals surface area contributed by atoms with Gasteiger partial charge in [-0.15, -0.1) is 0 Å². The van der Waals surface area contributed by atoms with E-state index in [1.807, 2.05) is 0 Å². The highest BCUT2D eigenvalue weighted by Crippen LogP contribution is 2.39. The minimum absolute atomic E-state index is 0.232. The van der Waals surface area contributed by atoms with Crippen LogP contribution in [-0.4, -0.2) is 48.1 Å². The highest BCUT2D eigenvalue weighted by atomic mass is 16.3. The summed E-state index contributed by atoms with van der Waals surface area (Å²) >= 11 is 0. The van der Waals surface area contributed by atoms with Crippen LogP contribution in [0.1, 0.15) is 67.8 Å². The second kappa shape index (κ2) is 8.45. The maximum atomic E-state index is 10.8. The van der Waals surface area contributed by atoms with Gasteiger partial charge in [0.25, 0.3) is 0 Å². The summed E-state index contributed by atoms with van der Waals surface area (Å²) in [6, 6.07) is 15.5. The fourth-order valence-corrected chi connectivity index (χ4v) is 4.07. The van der Waals surface area contributed by atoms with Gasteiger partial charge in [0.15, 0.2) is 0 Å². The lowest BCUT2D eigenvalue weighted by Gasteiger charge is -2.39. The lowest BCUT2D eigenvalue weighted by Crippen LogP contribution is -2.46. The average Bonchev–Trinajstić information content (AvgIpc) is 2.65. The molecule has 3 heteroatoms. The molecule has 1 aliphatic rings. The Labute approximate surface area is 164 Å². The van der Waals surface area contributed by atoms with Gasteiger partial charge in [0.1, 0.15) is 5.75 Å². The third kappa shape index (κ3) is 4.36. The third-order valence-electron chi connectivity index (χ3n) is 5.77. The van der Waals surface area contributed by atoms with Crippen molar-refractivity contribution in [2.24, 2.45) is 0 Å². The molecule has 1 heterocycles. The minimum Gasteiger partial charge on any atom is -0.507 e. The normalized spacial score (nSPS) is 17.6. The number of phenols is 1. The molecule has 3 nitrogen and oxygen atoms in total. The van der Waals surface area contributed by atoms with Gasteiger partial charge in [0.05, 0.1) is 6.04 Å². The van der Waals surface area contributed by atoms with Crippen molar-refractivity contribution in [1.29, 1.82) is 0 Å². The monoisotopic (exact) mass is 366 g/mol. The Balaban J connectivity index is 2.11. The molecule has 1 fully saturated rings. The molecule has 3 rings (SSSR count). The number of phenolic OH excluding ortho intramolecular Hbond substituents is 1. The van der Waals surface area contributed by atoms with E-state index in [1.165, 1.54) is 11.1 Å². The Kier molecular flexibility index (Phi) is 6.23. The lowest BCUT2D eigenvalue weighted by molar-refractivity contribution is 0.127. The van der Waals surface area contributed by atoms with E-state index in [9.17, 15) is 5.11 Å². The van der Waals surface area contributed by atoms with Gasteiger partial charge in [-0.05, 0) is 53.3 Å². The van der Waals surface area contributed by atoms with Crippen molar-refractivity contribution in [2.75, 3.05) is 33.2 Å². The molecular formula is C24H34N2O. The molecule has 146 valence electrons. The number of rotatable bonds is 5. The molecule has 0 bridgehead atoms. The standard InChI is InChI=1S/C24H34N2O/c1-17(2)21-15-20(16-22(18(3)4)24(21)27)23(19-9-7-6-8-10-19)26-13-11-25(5)12-14-26/h6-10,15-18,23,27H,11-14H2,1-5H3. The van der Waals surface area contributed by atoms with Crippen molar-refractivity contribution in [3.05, 3.63) is 64.7 Å². The van der Waals surface area contributed by atoms with Gasteiger partial charge in [0, 0.05) is 26.2 Å². The molecule has 0 saturated carbocycles. The summed E-state index contributed by atoms with van der Waals surface area (Å²) < 4.78 is 0. The molecule has 0 spiro atoms. The van der Waals surface area contributed by atoms with Crippen molar-refractivity contribution in [2.45, 2.75) is 45.6 Å². The van der Waals surface area contributed by atoms with E-state index < -0.39 is 0 Å². The Hall–Kier alpha value is -1.84. The van der Waals surface area contributed by atoms with Crippen LogP contribution in [0.5, 0.6) is 5.75 Å². The van der Waals surface area contributed by atoms with Gasteiger partial charge in [0.2, 0.25) is 0 Å². The molecule has 0 amide bonds. The van der Waals surface area contributed by atoms with E-state index >= 15 is 0 Å². The van der Waals surface area contributed by atoms with Gasteiger partial charge in [-0.25, -0.2) is 0 Å². The fourth-order valence-electron chi connectivity index (χ4n) is 4.07. The van der Waals surface area contributed by atoms with E-state index in [2.05, 4.69) is 87.0 Å². The fraction of sp³-hybridized carbons (Fsp3) is 0.500. The molecule has 0 aromatic heterocycles. The average molecular weight is 367 g/mol. The predicted molar refractivity (Wildman–Crippen MR) is 114 cm³/mol. The van der Waals surface area contributed by atoms with Crippen LogP contribution in [0.2, 0.25) is 0 Å². The van der Waals surface area contributed by atoms with Crippen molar-refractivity contribution < 1.29 is 5.11 Å². The van der Waals surface area contributed by atoms with Crippen molar-refractivity contribution in [1.82, 2.24) is 9.80 Å². The summed E-state index contributed by atoms with van der Waals surface area (Å²) in [5.74, 6) is 1.08. The molecule has 2 aromatic carbocycles. The second-order valence-electron chi connectivity index (χ2n) is 8.51. The van der Waals surface area contributed by atoms with E-state index in [1.54, 1.807) is 0 Å². The highest BCUT2D eigenvalue weighted by Gasteiger charge is 2.27. The molecular weight excluding hydrogens is 332 g/mol. The van der Waals surface area contributed by atoms with Gasteiger partial charge in [-0.3, -0.25) is 4.90 Å². The summed E-state index contributed by atoms with van der Waals surface area (Å²) in [4.78, 5) is 4.99. The number of hydrogen-bond acceptors (Lipinski definition) is 3. The SMILES string of the molecule is CC(C)c1cc(C(c2ccccc2)N2CCN(C)CC2)cc(C(C)C)c1O. The van der Waals surface area contributed by atoms with Crippen LogP contribution in [0.15, 0.2) is 42.5 Å². The number of piperazine rings is 1. The number of aromatic hydroxyl groups is 1. The van der Waals surface area contributed by atoms with E-state index in [0.29, 0.717) is 17.6 Å². The van der Waals surface area contributed by atoms with Crippen LogP contribution < -0.4 is 0 Å². The smallest absolute Gasteiger partial charge is 0.122 e. The van der Waals surface area contributed by atoms with Crippen LogP contribution in [0.3, 0.4) is 0 Å². The van der Waals surface area contributed by atoms with E-state index in [4.69, 9.17) is 0 Å². The van der Waals surface area contributed by atoms with Crippen LogP contribution in [0.25, 0.3) is 0 Å². The number of benzene rings is 2. The second-order valence-corrected chi connectivity index (χ2v) is 8.51. The zero-order valence-electron chi connectivity index (χ0n) is 17.4. The molecule has 1 saturated heterocycles. The molecule has 1 N–H and O–H groups in total. The summed E-state index contributed by atoms with van der Waals surface area (Å²) in [6.45, 7) is 13.0. The maximum absolute atomic E-state index is 10.8. The first-order chi connectivity index (χ1) is 12.9. The van der Waals surface area contributed by atoms with Gasteiger partial charge in [-0.1, -0.05) is 58.0 Å².